The van der Waals surface area contributed by atoms with Crippen LogP contribution in [-0.4, -0.2) is 98.8 Å². The standard InChI is InChI=1S/C31H46N6O4SSi2/c1-43(2,3)17-13-40-21-36(22-41-14-18-44(4,5)6)31-27(38)30(39)33-28-26(24-19-23-9-7-8-10-25(23)32-20-24)29(34-37(28)31)35-11-15-42-16-12-35/h7-10,19-20,31H,11-18,21-22H2,1-6H3,(H,33,39). The minimum atomic E-state index is -1.32. The number of nitrogens with zero attached hydrogens (tertiary/aromatic N) is 5. The Morgan fingerprint density at radius 1 is 0.977 bits per heavy atom. The molecule has 2 aliphatic rings. The zero-order valence-corrected chi connectivity index (χ0v) is 29.7. The van der Waals surface area contributed by atoms with Crippen LogP contribution in [0.4, 0.5) is 11.6 Å². The Morgan fingerprint density at radius 3 is 2.25 bits per heavy atom. The third-order valence-electron chi connectivity index (χ3n) is 7.86. The molecule has 1 unspecified atom stereocenters. The number of hydrogen-bond donors (Lipinski definition) is 1. The molecule has 1 saturated heterocycles. The van der Waals surface area contributed by atoms with E-state index in [9.17, 15) is 9.59 Å². The van der Waals surface area contributed by atoms with Crippen molar-refractivity contribution < 1.29 is 19.1 Å². The first-order valence-corrected chi connectivity index (χ1v) is 24.0. The second-order valence-corrected chi connectivity index (χ2v) is 26.5. The van der Waals surface area contributed by atoms with Crippen molar-refractivity contribution in [2.45, 2.75) is 57.5 Å². The summed E-state index contributed by atoms with van der Waals surface area (Å²) in [6.07, 6.45) is 0.842. The van der Waals surface area contributed by atoms with Gasteiger partial charge in [-0.3, -0.25) is 14.6 Å². The van der Waals surface area contributed by atoms with Crippen molar-refractivity contribution >= 4 is 62.1 Å². The van der Waals surface area contributed by atoms with E-state index in [1.165, 1.54) is 0 Å². The summed E-state index contributed by atoms with van der Waals surface area (Å²) in [5, 5.41) is 8.98. The molecule has 0 saturated carbocycles. The van der Waals surface area contributed by atoms with Gasteiger partial charge in [-0.15, -0.1) is 0 Å². The van der Waals surface area contributed by atoms with Gasteiger partial charge >= 0.3 is 0 Å². The van der Waals surface area contributed by atoms with E-state index >= 15 is 0 Å². The maximum Gasteiger partial charge on any atom is 0.296 e. The van der Waals surface area contributed by atoms with E-state index in [1.54, 1.807) is 4.68 Å². The summed E-state index contributed by atoms with van der Waals surface area (Å²) >= 11 is 1.92. The summed E-state index contributed by atoms with van der Waals surface area (Å²) in [5.74, 6) is 1.97. The molecular formula is C31H46N6O4SSi2. The molecule has 1 fully saturated rings. The molecule has 0 bridgehead atoms. The summed E-state index contributed by atoms with van der Waals surface area (Å²) in [4.78, 5) is 35.8. The van der Waals surface area contributed by atoms with Crippen molar-refractivity contribution in [3.8, 4) is 11.1 Å². The van der Waals surface area contributed by atoms with Gasteiger partial charge in [-0.1, -0.05) is 57.5 Å². The van der Waals surface area contributed by atoms with Gasteiger partial charge in [0.05, 0.1) is 11.1 Å². The minimum absolute atomic E-state index is 0.156. The monoisotopic (exact) mass is 654 g/mol. The first-order valence-electron chi connectivity index (χ1n) is 15.5. The van der Waals surface area contributed by atoms with Crippen molar-refractivity contribution in [2.24, 2.45) is 0 Å². The van der Waals surface area contributed by atoms with Crippen LogP contribution >= 0.6 is 11.8 Å². The fraction of sp³-hybridized carbons (Fsp3) is 0.548. The first-order chi connectivity index (χ1) is 20.9. The molecule has 2 aromatic heterocycles. The van der Waals surface area contributed by atoms with Crippen molar-refractivity contribution in [3.05, 3.63) is 36.5 Å². The number of fused-ring (bicyclic) bond motifs is 2. The SMILES string of the molecule is C[Si](C)(C)CCOCN(COCC[Si](C)(C)C)C1C(=O)C(=O)Nc2c(-c3cnc4ccccc4c3)c(N3CCSCC3)nn21. The number of rotatable bonds is 13. The normalized spacial score (nSPS) is 17.8. The number of amides is 1. The number of para-hydroxylation sites is 1. The topological polar surface area (TPSA) is 102 Å². The lowest BCUT2D eigenvalue weighted by Gasteiger charge is -2.33. The highest BCUT2D eigenvalue weighted by Crippen LogP contribution is 2.42. The zero-order chi connectivity index (χ0) is 31.5. The highest BCUT2D eigenvalue weighted by Gasteiger charge is 2.42. The molecule has 2 aliphatic heterocycles. The number of anilines is 2. The molecule has 1 amide bonds. The molecule has 13 heteroatoms. The van der Waals surface area contributed by atoms with Gasteiger partial charge in [0.1, 0.15) is 19.3 Å². The largest absolute Gasteiger partial charge is 0.366 e. The number of nitrogens with one attached hydrogen (secondary N) is 1. The number of ether oxygens (including phenoxy) is 2. The minimum Gasteiger partial charge on any atom is -0.366 e. The average Bonchev–Trinajstić information content (AvgIpc) is 3.35. The van der Waals surface area contributed by atoms with Crippen molar-refractivity contribution in [1.29, 1.82) is 0 Å². The molecule has 0 spiro atoms. The first kappa shape index (κ1) is 32.8. The predicted octanol–water partition coefficient (Wildman–Crippen LogP) is 5.60. The molecule has 10 nitrogen and oxygen atoms in total. The molecule has 1 atom stereocenters. The van der Waals surface area contributed by atoms with Crippen LogP contribution in [-0.2, 0) is 19.1 Å². The molecule has 44 heavy (non-hydrogen) atoms. The Balaban J connectivity index is 1.55. The van der Waals surface area contributed by atoms with Crippen LogP contribution in [0.1, 0.15) is 6.17 Å². The fourth-order valence-electron chi connectivity index (χ4n) is 5.21. The summed E-state index contributed by atoms with van der Waals surface area (Å²) < 4.78 is 14.0. The Labute approximate surface area is 266 Å². The Bertz CT molecular complexity index is 1460. The predicted molar refractivity (Wildman–Crippen MR) is 185 cm³/mol. The number of pyridine rings is 1. The lowest BCUT2D eigenvalue weighted by atomic mass is 10.1. The highest BCUT2D eigenvalue weighted by molar-refractivity contribution is 7.99. The van der Waals surface area contributed by atoms with Crippen molar-refractivity contribution in [2.75, 3.05) is 61.5 Å². The van der Waals surface area contributed by atoms with E-state index in [4.69, 9.17) is 19.6 Å². The number of Topliss-reactive ketones (excluding diaryl/α,β-unsaturated/α-hetero) is 1. The number of carbonyl (C=O) groups excluding carboxylic acids is 2. The number of aromatic nitrogens is 3. The van der Waals surface area contributed by atoms with Gasteiger partial charge in [-0.05, 0) is 24.2 Å². The van der Waals surface area contributed by atoms with E-state index in [2.05, 4.69) is 55.6 Å². The van der Waals surface area contributed by atoms with E-state index < -0.39 is 34.0 Å². The number of benzene rings is 1. The van der Waals surface area contributed by atoms with Gasteiger partial charge in [0.15, 0.2) is 12.0 Å². The van der Waals surface area contributed by atoms with Crippen LogP contribution in [0, 0.1) is 0 Å². The maximum absolute atomic E-state index is 13.7. The molecule has 5 rings (SSSR count). The van der Waals surface area contributed by atoms with E-state index in [0.717, 1.165) is 64.5 Å². The molecule has 1 aromatic carbocycles. The van der Waals surface area contributed by atoms with E-state index in [1.807, 2.05) is 47.1 Å². The Kier molecular flexibility index (Phi) is 10.3. The molecule has 1 N–H and O–H groups in total. The number of ketones is 1. The number of carbonyl (C=O) groups is 2. The van der Waals surface area contributed by atoms with Crippen LogP contribution in [0.3, 0.4) is 0 Å². The summed E-state index contributed by atoms with van der Waals surface area (Å²) in [5.41, 5.74) is 2.51. The van der Waals surface area contributed by atoms with Gasteiger partial charge < -0.3 is 19.7 Å². The third-order valence-corrected chi connectivity index (χ3v) is 12.2. The molecule has 4 heterocycles. The van der Waals surface area contributed by atoms with Crippen LogP contribution in [0.2, 0.25) is 51.4 Å². The van der Waals surface area contributed by atoms with Crippen LogP contribution < -0.4 is 10.2 Å². The van der Waals surface area contributed by atoms with Gasteiger partial charge in [-0.25, -0.2) is 9.58 Å². The number of thioether (sulfide) groups is 1. The van der Waals surface area contributed by atoms with Gasteiger partial charge in [-0.2, -0.15) is 16.9 Å². The zero-order valence-electron chi connectivity index (χ0n) is 26.9. The third kappa shape index (κ3) is 7.98. The summed E-state index contributed by atoms with van der Waals surface area (Å²) in [7, 11) is -2.63. The van der Waals surface area contributed by atoms with E-state index in [0.29, 0.717) is 19.0 Å². The van der Waals surface area contributed by atoms with Gasteiger partial charge in [0, 0.05) is 71.1 Å². The second-order valence-electron chi connectivity index (χ2n) is 14.0. The number of hydrogen-bond acceptors (Lipinski definition) is 9. The molecule has 0 radical (unpaired) electrons. The molecule has 0 aliphatic carbocycles. The summed E-state index contributed by atoms with van der Waals surface area (Å²) in [6, 6.07) is 12.0. The lowest BCUT2D eigenvalue weighted by Crippen LogP contribution is -2.49. The average molecular weight is 655 g/mol. The van der Waals surface area contributed by atoms with Crippen molar-refractivity contribution in [1.82, 2.24) is 19.7 Å². The molecular weight excluding hydrogens is 609 g/mol. The second kappa shape index (κ2) is 13.8. The molecule has 3 aromatic rings. The van der Waals surface area contributed by atoms with Crippen molar-refractivity contribution in [3.63, 3.8) is 0 Å². The smallest absolute Gasteiger partial charge is 0.296 e. The fourth-order valence-corrected chi connectivity index (χ4v) is 7.62. The molecule has 238 valence electrons. The Hall–Kier alpha value is -2.56. The maximum atomic E-state index is 13.7. The van der Waals surface area contributed by atoms with Gasteiger partial charge in [0.25, 0.3) is 11.7 Å². The van der Waals surface area contributed by atoms with E-state index in [-0.39, 0.29) is 13.5 Å². The highest BCUT2D eigenvalue weighted by atomic mass is 32.2. The van der Waals surface area contributed by atoms with Crippen LogP contribution in [0.15, 0.2) is 36.5 Å². The lowest BCUT2D eigenvalue weighted by molar-refractivity contribution is -0.149. The Morgan fingerprint density at radius 2 is 1.61 bits per heavy atom. The van der Waals surface area contributed by atoms with Crippen LogP contribution in [0.25, 0.3) is 22.0 Å². The van der Waals surface area contributed by atoms with Crippen LogP contribution in [0.5, 0.6) is 0 Å². The van der Waals surface area contributed by atoms with Gasteiger partial charge in [0.2, 0.25) is 0 Å². The summed E-state index contributed by atoms with van der Waals surface area (Å²) in [6.45, 7) is 17.0. The quantitative estimate of drug-likeness (QED) is 0.109.